The second kappa shape index (κ2) is 11.5. The van der Waals surface area contributed by atoms with Crippen LogP contribution in [0.3, 0.4) is 0 Å². The summed E-state index contributed by atoms with van der Waals surface area (Å²) in [6.07, 6.45) is -0.0462. The third-order valence-corrected chi connectivity index (χ3v) is 6.52. The van der Waals surface area contributed by atoms with Gasteiger partial charge >= 0.3 is 5.97 Å². The van der Waals surface area contributed by atoms with Gasteiger partial charge in [-0.15, -0.1) is 0 Å². The quantitative estimate of drug-likeness (QED) is 0.431. The molecule has 0 saturated heterocycles. The molecule has 178 valence electrons. The van der Waals surface area contributed by atoms with Crippen molar-refractivity contribution in [3.05, 3.63) is 102 Å². The lowest BCUT2D eigenvalue weighted by atomic mass is 10.1. The first-order valence-electron chi connectivity index (χ1n) is 10.6. The number of sulfonamides is 1. The first-order chi connectivity index (χ1) is 16.3. The average molecular weight is 485 g/mol. The molecule has 0 spiro atoms. The van der Waals surface area contributed by atoms with Crippen LogP contribution in [0.25, 0.3) is 0 Å². The third-order valence-electron chi connectivity index (χ3n) is 5.01. The van der Waals surface area contributed by atoms with Gasteiger partial charge in [0.05, 0.1) is 6.04 Å². The standard InChI is InChI=1S/C25H25FN2O5S/c1-18(20-12-6-3-7-13-20)27-24(29)17-33-25(30)22(16-19-10-4-2-5-11-19)28-34(31,32)23-15-9-8-14-21(23)26/h2-15,18,22,28H,16-17H2,1H3,(H,27,29). The molecule has 34 heavy (non-hydrogen) atoms. The van der Waals surface area contributed by atoms with Crippen molar-refractivity contribution >= 4 is 21.9 Å². The van der Waals surface area contributed by atoms with Gasteiger partial charge in [-0.05, 0) is 36.6 Å². The maximum Gasteiger partial charge on any atom is 0.325 e. The fourth-order valence-electron chi connectivity index (χ4n) is 3.28. The predicted octanol–water partition coefficient (Wildman–Crippen LogP) is 3.14. The summed E-state index contributed by atoms with van der Waals surface area (Å²) in [7, 11) is -4.38. The molecular weight excluding hydrogens is 459 g/mol. The normalized spacial score (nSPS) is 13.0. The molecule has 2 N–H and O–H groups in total. The summed E-state index contributed by atoms with van der Waals surface area (Å²) in [6.45, 7) is 1.19. The van der Waals surface area contributed by atoms with Gasteiger partial charge in [-0.25, -0.2) is 12.8 Å². The summed E-state index contributed by atoms with van der Waals surface area (Å²) in [5.41, 5.74) is 1.53. The van der Waals surface area contributed by atoms with Crippen LogP contribution in [0.15, 0.2) is 89.8 Å². The van der Waals surface area contributed by atoms with Crippen molar-refractivity contribution in [1.29, 1.82) is 0 Å². The molecule has 1 amide bonds. The number of hydrogen-bond acceptors (Lipinski definition) is 5. The van der Waals surface area contributed by atoms with E-state index in [1.165, 1.54) is 12.1 Å². The fourth-order valence-corrected chi connectivity index (χ4v) is 4.55. The van der Waals surface area contributed by atoms with Crippen LogP contribution < -0.4 is 10.0 Å². The number of carbonyl (C=O) groups excluding carboxylic acids is 2. The van der Waals surface area contributed by atoms with Crippen LogP contribution in [0, 0.1) is 5.82 Å². The molecule has 0 fully saturated rings. The minimum atomic E-state index is -4.38. The lowest BCUT2D eigenvalue weighted by Crippen LogP contribution is -2.44. The molecule has 0 saturated carbocycles. The Morgan fingerprint density at radius 3 is 2.15 bits per heavy atom. The number of halogens is 1. The fraction of sp³-hybridized carbons (Fsp3) is 0.200. The van der Waals surface area contributed by atoms with Crippen molar-refractivity contribution in [2.45, 2.75) is 30.3 Å². The molecule has 3 aromatic rings. The van der Waals surface area contributed by atoms with Crippen molar-refractivity contribution in [1.82, 2.24) is 10.0 Å². The van der Waals surface area contributed by atoms with E-state index in [0.717, 1.165) is 17.7 Å². The molecule has 0 aliphatic heterocycles. The number of rotatable bonds is 10. The summed E-state index contributed by atoms with van der Waals surface area (Å²) in [5, 5.41) is 2.72. The molecule has 2 atom stereocenters. The highest BCUT2D eigenvalue weighted by Crippen LogP contribution is 2.16. The van der Waals surface area contributed by atoms with Gasteiger partial charge < -0.3 is 10.1 Å². The topological polar surface area (TPSA) is 102 Å². The lowest BCUT2D eigenvalue weighted by Gasteiger charge is -2.19. The first-order valence-corrected chi connectivity index (χ1v) is 12.1. The van der Waals surface area contributed by atoms with Crippen molar-refractivity contribution in [2.24, 2.45) is 0 Å². The van der Waals surface area contributed by atoms with E-state index in [1.807, 2.05) is 30.3 Å². The molecule has 2 unspecified atom stereocenters. The largest absolute Gasteiger partial charge is 0.454 e. The molecule has 9 heteroatoms. The molecule has 0 aliphatic carbocycles. The number of nitrogens with one attached hydrogen (secondary N) is 2. The number of ether oxygens (including phenoxy) is 1. The van der Waals surface area contributed by atoms with Crippen molar-refractivity contribution in [2.75, 3.05) is 6.61 Å². The number of esters is 1. The van der Waals surface area contributed by atoms with E-state index in [1.54, 1.807) is 37.3 Å². The van der Waals surface area contributed by atoms with Crippen molar-refractivity contribution < 1.29 is 27.1 Å². The van der Waals surface area contributed by atoms with E-state index in [4.69, 9.17) is 4.74 Å². The highest BCUT2D eigenvalue weighted by molar-refractivity contribution is 7.89. The first kappa shape index (κ1) is 25.1. The maximum absolute atomic E-state index is 14.1. The zero-order chi connectivity index (χ0) is 24.6. The van der Waals surface area contributed by atoms with Gasteiger partial charge in [-0.3, -0.25) is 9.59 Å². The minimum Gasteiger partial charge on any atom is -0.454 e. The number of benzene rings is 3. The van der Waals surface area contributed by atoms with Crippen LogP contribution >= 0.6 is 0 Å². The molecule has 0 heterocycles. The van der Waals surface area contributed by atoms with Crippen LogP contribution in [0.5, 0.6) is 0 Å². The monoisotopic (exact) mass is 484 g/mol. The van der Waals surface area contributed by atoms with E-state index in [0.29, 0.717) is 5.56 Å². The predicted molar refractivity (Wildman–Crippen MR) is 125 cm³/mol. The average Bonchev–Trinajstić information content (AvgIpc) is 2.83. The summed E-state index contributed by atoms with van der Waals surface area (Å²) in [5.74, 6) is -2.44. The molecule has 0 aromatic heterocycles. The summed E-state index contributed by atoms with van der Waals surface area (Å²) in [6, 6.07) is 21.1. The maximum atomic E-state index is 14.1. The Balaban J connectivity index is 1.69. The molecular formula is C25H25FN2O5S. The SMILES string of the molecule is CC(NC(=O)COC(=O)C(Cc1ccccc1)NS(=O)(=O)c1ccccc1F)c1ccccc1. The van der Waals surface area contributed by atoms with E-state index >= 15 is 0 Å². The third kappa shape index (κ3) is 6.97. The Morgan fingerprint density at radius 1 is 0.912 bits per heavy atom. The van der Waals surface area contributed by atoms with Crippen LogP contribution in [-0.2, 0) is 30.8 Å². The van der Waals surface area contributed by atoms with E-state index in [2.05, 4.69) is 10.0 Å². The lowest BCUT2D eigenvalue weighted by molar-refractivity contribution is -0.150. The van der Waals surface area contributed by atoms with Crippen LogP contribution in [0.2, 0.25) is 0 Å². The Labute approximate surface area is 198 Å². The minimum absolute atomic E-state index is 0.0462. The van der Waals surface area contributed by atoms with Gasteiger partial charge in [-0.1, -0.05) is 72.8 Å². The summed E-state index contributed by atoms with van der Waals surface area (Å²) < 4.78 is 46.9. The highest BCUT2D eigenvalue weighted by Gasteiger charge is 2.29. The molecule has 3 rings (SSSR count). The number of carbonyl (C=O) groups is 2. The van der Waals surface area contributed by atoms with Gasteiger partial charge in [0.2, 0.25) is 10.0 Å². The number of hydrogen-bond donors (Lipinski definition) is 2. The Bertz CT molecular complexity index is 1220. The van der Waals surface area contributed by atoms with Gasteiger partial charge in [-0.2, -0.15) is 4.72 Å². The molecule has 0 aliphatic rings. The second-order valence-electron chi connectivity index (χ2n) is 7.60. The molecule has 3 aromatic carbocycles. The van der Waals surface area contributed by atoms with Gasteiger partial charge in [0, 0.05) is 0 Å². The Kier molecular flexibility index (Phi) is 8.50. The van der Waals surface area contributed by atoms with Gasteiger partial charge in [0.1, 0.15) is 16.8 Å². The van der Waals surface area contributed by atoms with Crippen molar-refractivity contribution in [3.8, 4) is 0 Å². The molecule has 0 bridgehead atoms. The summed E-state index contributed by atoms with van der Waals surface area (Å²) >= 11 is 0. The number of amides is 1. The van der Waals surface area contributed by atoms with Crippen molar-refractivity contribution in [3.63, 3.8) is 0 Å². The van der Waals surface area contributed by atoms with E-state index in [9.17, 15) is 22.4 Å². The van der Waals surface area contributed by atoms with E-state index in [-0.39, 0.29) is 12.5 Å². The molecule has 7 nitrogen and oxygen atoms in total. The van der Waals surface area contributed by atoms with Crippen LogP contribution in [0.4, 0.5) is 4.39 Å². The molecule has 0 radical (unpaired) electrons. The van der Waals surface area contributed by atoms with E-state index < -0.39 is 45.3 Å². The highest BCUT2D eigenvalue weighted by atomic mass is 32.2. The zero-order valence-electron chi connectivity index (χ0n) is 18.5. The zero-order valence-corrected chi connectivity index (χ0v) is 19.3. The van der Waals surface area contributed by atoms with Gasteiger partial charge in [0.15, 0.2) is 6.61 Å². The smallest absolute Gasteiger partial charge is 0.325 e. The second-order valence-corrected chi connectivity index (χ2v) is 9.28. The Hall–Kier alpha value is -3.56. The Morgan fingerprint density at radius 2 is 1.50 bits per heavy atom. The van der Waals surface area contributed by atoms with Crippen LogP contribution in [-0.4, -0.2) is 32.9 Å². The van der Waals surface area contributed by atoms with Crippen LogP contribution in [0.1, 0.15) is 24.1 Å². The van der Waals surface area contributed by atoms with Gasteiger partial charge in [0.25, 0.3) is 5.91 Å². The summed E-state index contributed by atoms with van der Waals surface area (Å²) in [4.78, 5) is 24.5.